The van der Waals surface area contributed by atoms with E-state index in [2.05, 4.69) is 10.3 Å². The largest absolute Gasteiger partial charge is 0.347 e. The Balaban J connectivity index is 1.84. The lowest BCUT2D eigenvalue weighted by Gasteiger charge is -2.31. The van der Waals surface area contributed by atoms with Crippen molar-refractivity contribution in [1.82, 2.24) is 10.3 Å². The number of nitrogens with one attached hydrogen (secondary N) is 2. The molecule has 1 aliphatic rings. The Morgan fingerprint density at radius 2 is 2.04 bits per heavy atom. The second-order valence-electron chi connectivity index (χ2n) is 6.17. The van der Waals surface area contributed by atoms with Crippen LogP contribution < -0.4 is 10.9 Å². The third-order valence-corrected chi connectivity index (χ3v) is 6.45. The molecule has 0 aliphatic heterocycles. The number of aromatic amines is 1. The van der Waals surface area contributed by atoms with Gasteiger partial charge < -0.3 is 10.3 Å². The predicted octanol–water partition coefficient (Wildman–Crippen LogP) is 2.34. The topological polar surface area (TPSA) is 79.0 Å². The minimum absolute atomic E-state index is 0.000113. The first-order valence-corrected chi connectivity index (χ1v) is 9.78. The summed E-state index contributed by atoms with van der Waals surface area (Å²) < 4.78 is 12.2. The van der Waals surface area contributed by atoms with Crippen molar-refractivity contribution in [2.75, 3.05) is 5.75 Å². The molecular weight excluding hydrogens is 324 g/mol. The van der Waals surface area contributed by atoms with Gasteiger partial charge in [-0.3, -0.25) is 13.8 Å². The average molecular weight is 346 g/mol. The predicted molar refractivity (Wildman–Crippen MR) is 96.8 cm³/mol. The van der Waals surface area contributed by atoms with E-state index in [0.29, 0.717) is 11.1 Å². The number of amides is 1. The Labute approximate surface area is 143 Å². The summed E-state index contributed by atoms with van der Waals surface area (Å²) in [6, 6.07) is 8.78. The summed E-state index contributed by atoms with van der Waals surface area (Å²) >= 11 is 0. The minimum atomic E-state index is -0.930. The van der Waals surface area contributed by atoms with Gasteiger partial charge in [0.05, 0.1) is 5.25 Å². The van der Waals surface area contributed by atoms with E-state index in [1.165, 1.54) is 0 Å². The van der Waals surface area contributed by atoms with Crippen molar-refractivity contribution in [1.29, 1.82) is 0 Å². The van der Waals surface area contributed by atoms with Gasteiger partial charge in [-0.2, -0.15) is 0 Å². The molecule has 128 valence electrons. The lowest BCUT2D eigenvalue weighted by atomic mass is 9.94. The van der Waals surface area contributed by atoms with Crippen LogP contribution in [0.3, 0.4) is 0 Å². The van der Waals surface area contributed by atoms with Gasteiger partial charge in [0.15, 0.2) is 0 Å². The Hall–Kier alpha value is -1.95. The molecule has 1 heterocycles. The Bertz CT molecular complexity index is 830. The van der Waals surface area contributed by atoms with E-state index in [4.69, 9.17) is 0 Å². The number of hydrogen-bond acceptors (Lipinski definition) is 3. The summed E-state index contributed by atoms with van der Waals surface area (Å²) in [5.41, 5.74) is -0.0131. The minimum Gasteiger partial charge on any atom is -0.347 e. The van der Waals surface area contributed by atoms with Crippen LogP contribution in [0.1, 0.15) is 43.1 Å². The molecule has 3 atom stereocenters. The Kier molecular flexibility index (Phi) is 5.14. The van der Waals surface area contributed by atoms with Crippen molar-refractivity contribution in [3.05, 3.63) is 46.4 Å². The van der Waals surface area contributed by atoms with Gasteiger partial charge in [0.1, 0.15) is 5.69 Å². The maximum atomic E-state index is 12.6. The highest BCUT2D eigenvalue weighted by Crippen LogP contribution is 2.23. The van der Waals surface area contributed by atoms with E-state index in [1.54, 1.807) is 18.2 Å². The van der Waals surface area contributed by atoms with Crippen LogP contribution in [0.25, 0.3) is 10.8 Å². The summed E-state index contributed by atoms with van der Waals surface area (Å²) in [6.07, 6.45) is 3.78. The highest BCUT2D eigenvalue weighted by Gasteiger charge is 2.30. The molecule has 0 radical (unpaired) electrons. The first-order chi connectivity index (χ1) is 11.6. The molecule has 1 aromatic carbocycles. The SMILES string of the molecule is CC[S@](=O)[C@H]1CCCC[C@H]1NC(=O)c1cc2ccccc2c(=O)[nH]1. The zero-order valence-corrected chi connectivity index (χ0v) is 14.5. The van der Waals surface area contributed by atoms with E-state index < -0.39 is 10.8 Å². The van der Waals surface area contributed by atoms with Gasteiger partial charge in [0, 0.05) is 28.0 Å². The Morgan fingerprint density at radius 3 is 2.83 bits per heavy atom. The molecule has 0 bridgehead atoms. The molecule has 1 fully saturated rings. The molecular formula is C18H22N2O3S. The molecule has 0 saturated heterocycles. The van der Waals surface area contributed by atoms with Gasteiger partial charge in [-0.1, -0.05) is 38.0 Å². The number of carbonyl (C=O) groups is 1. The average Bonchev–Trinajstić information content (AvgIpc) is 2.61. The van der Waals surface area contributed by atoms with E-state index in [-0.39, 0.29) is 28.5 Å². The van der Waals surface area contributed by atoms with Gasteiger partial charge in [-0.05, 0) is 30.4 Å². The number of aromatic nitrogens is 1. The smallest absolute Gasteiger partial charge is 0.268 e. The monoisotopic (exact) mass is 346 g/mol. The van der Waals surface area contributed by atoms with E-state index in [9.17, 15) is 13.8 Å². The third kappa shape index (κ3) is 3.43. The summed E-state index contributed by atoms with van der Waals surface area (Å²) in [4.78, 5) is 27.4. The van der Waals surface area contributed by atoms with Gasteiger partial charge >= 0.3 is 0 Å². The van der Waals surface area contributed by atoms with E-state index >= 15 is 0 Å². The van der Waals surface area contributed by atoms with Crippen molar-refractivity contribution < 1.29 is 9.00 Å². The lowest BCUT2D eigenvalue weighted by Crippen LogP contribution is -2.47. The molecule has 1 saturated carbocycles. The second-order valence-corrected chi connectivity index (χ2v) is 8.12. The van der Waals surface area contributed by atoms with Crippen molar-refractivity contribution in [2.24, 2.45) is 0 Å². The number of rotatable bonds is 4. The van der Waals surface area contributed by atoms with Crippen molar-refractivity contribution >= 4 is 27.5 Å². The molecule has 1 amide bonds. The van der Waals surface area contributed by atoms with Gasteiger partial charge in [-0.15, -0.1) is 0 Å². The molecule has 1 aliphatic carbocycles. The zero-order chi connectivity index (χ0) is 17.1. The first-order valence-electron chi connectivity index (χ1n) is 8.40. The van der Waals surface area contributed by atoms with Gasteiger partial charge in [-0.25, -0.2) is 0 Å². The quantitative estimate of drug-likeness (QED) is 0.892. The highest BCUT2D eigenvalue weighted by molar-refractivity contribution is 7.85. The normalized spacial score (nSPS) is 22.2. The first kappa shape index (κ1) is 16.9. The number of hydrogen-bond donors (Lipinski definition) is 2. The van der Waals surface area contributed by atoms with Crippen molar-refractivity contribution in [2.45, 2.75) is 43.9 Å². The fourth-order valence-electron chi connectivity index (χ4n) is 3.37. The molecule has 0 unspecified atom stereocenters. The Morgan fingerprint density at radius 1 is 1.29 bits per heavy atom. The number of carbonyl (C=O) groups excluding carboxylic acids is 1. The van der Waals surface area contributed by atoms with Crippen LogP contribution in [0.15, 0.2) is 35.1 Å². The zero-order valence-electron chi connectivity index (χ0n) is 13.7. The number of pyridine rings is 1. The van der Waals surface area contributed by atoms with Gasteiger partial charge in [0.2, 0.25) is 0 Å². The van der Waals surface area contributed by atoms with Crippen LogP contribution in [-0.4, -0.2) is 32.1 Å². The maximum absolute atomic E-state index is 12.6. The second kappa shape index (κ2) is 7.30. The van der Waals surface area contributed by atoms with E-state index in [0.717, 1.165) is 31.1 Å². The van der Waals surface area contributed by atoms with Crippen LogP contribution >= 0.6 is 0 Å². The molecule has 1 aromatic heterocycles. The molecule has 5 nitrogen and oxygen atoms in total. The molecule has 0 spiro atoms. The fraction of sp³-hybridized carbons (Fsp3) is 0.444. The summed E-state index contributed by atoms with van der Waals surface area (Å²) in [5, 5.41) is 4.30. The molecule has 2 aromatic rings. The van der Waals surface area contributed by atoms with Crippen LogP contribution in [-0.2, 0) is 10.8 Å². The van der Waals surface area contributed by atoms with E-state index in [1.807, 2.05) is 19.1 Å². The van der Waals surface area contributed by atoms with Crippen LogP contribution in [0.2, 0.25) is 0 Å². The fourth-order valence-corrected chi connectivity index (χ4v) is 4.80. The maximum Gasteiger partial charge on any atom is 0.268 e. The molecule has 2 N–H and O–H groups in total. The summed E-state index contributed by atoms with van der Waals surface area (Å²) in [6.45, 7) is 1.91. The van der Waals surface area contributed by atoms with Crippen LogP contribution in [0, 0.1) is 0 Å². The van der Waals surface area contributed by atoms with Crippen LogP contribution in [0.5, 0.6) is 0 Å². The summed E-state index contributed by atoms with van der Waals surface area (Å²) in [7, 11) is -0.930. The molecule has 3 rings (SSSR count). The lowest BCUT2D eigenvalue weighted by molar-refractivity contribution is 0.0924. The number of H-pyrrole nitrogens is 1. The standard InChI is InChI=1S/C18H22N2O3S/c1-2-24(23)16-10-6-5-9-14(16)19-18(22)15-11-12-7-3-4-8-13(12)17(21)20-15/h3-4,7-8,11,14,16H,2,5-6,9-10H2,1H3,(H,19,22)(H,20,21)/t14-,16+,24+/m1/s1. The van der Waals surface area contributed by atoms with Crippen LogP contribution in [0.4, 0.5) is 0 Å². The van der Waals surface area contributed by atoms with Crippen molar-refractivity contribution in [3.8, 4) is 0 Å². The van der Waals surface area contributed by atoms with Crippen molar-refractivity contribution in [3.63, 3.8) is 0 Å². The highest BCUT2D eigenvalue weighted by atomic mass is 32.2. The van der Waals surface area contributed by atoms with Gasteiger partial charge in [0.25, 0.3) is 11.5 Å². The third-order valence-electron chi connectivity index (χ3n) is 4.64. The number of fused-ring (bicyclic) bond motifs is 1. The molecule has 24 heavy (non-hydrogen) atoms. The summed E-state index contributed by atoms with van der Waals surface area (Å²) in [5.74, 6) is 0.298. The number of benzene rings is 1. The molecule has 6 heteroatoms.